The van der Waals surface area contributed by atoms with Gasteiger partial charge in [-0.1, -0.05) is 76.2 Å². The van der Waals surface area contributed by atoms with Gasteiger partial charge in [-0.25, -0.2) is 0 Å². The third kappa shape index (κ3) is 4.52. The molecule has 1 unspecified atom stereocenters. The first-order chi connectivity index (χ1) is 10.5. The van der Waals surface area contributed by atoms with Crippen molar-refractivity contribution in [2.24, 2.45) is 5.92 Å². The van der Waals surface area contributed by atoms with Gasteiger partial charge in [0.25, 0.3) is 0 Å². The largest absolute Gasteiger partial charge is 0.477 e. The van der Waals surface area contributed by atoms with Gasteiger partial charge in [-0.05, 0) is 29.4 Å². The number of rotatable bonds is 6. The van der Waals surface area contributed by atoms with Crippen LogP contribution >= 0.6 is 7.11 Å². The smallest absolute Gasteiger partial charge is 0.123 e. The molecule has 2 rings (SSSR count). The molecule has 2 heteroatoms. The molecule has 1 atom stereocenters. The lowest BCUT2D eigenvalue weighted by Gasteiger charge is -2.32. The van der Waals surface area contributed by atoms with Crippen LogP contribution in [0.2, 0.25) is 0 Å². The van der Waals surface area contributed by atoms with Gasteiger partial charge in [-0.2, -0.15) is 0 Å². The summed E-state index contributed by atoms with van der Waals surface area (Å²) in [4.78, 5) is 0. The maximum absolute atomic E-state index is 6.63. The molecule has 0 fully saturated rings. The van der Waals surface area contributed by atoms with Gasteiger partial charge in [0.05, 0.1) is 7.11 Å². The maximum Gasteiger partial charge on any atom is 0.123 e. The molecule has 0 amide bonds. The molecule has 0 N–H and O–H groups in total. The average molecular weight is 314 g/mol. The first-order valence-electron chi connectivity index (χ1n) is 8.04. The Balaban J connectivity index is 2.42. The summed E-state index contributed by atoms with van der Waals surface area (Å²) in [6, 6.07) is 21.0. The van der Waals surface area contributed by atoms with Gasteiger partial charge in [0, 0.05) is 11.8 Å². The fraction of sp³-hybridized carbons (Fsp3) is 0.350. The Morgan fingerprint density at radius 3 is 1.91 bits per heavy atom. The van der Waals surface area contributed by atoms with Crippen molar-refractivity contribution in [3.8, 4) is 5.75 Å². The van der Waals surface area contributed by atoms with E-state index in [4.69, 9.17) is 4.52 Å². The highest BCUT2D eigenvalue weighted by atomic mass is 31.2. The molecule has 0 heterocycles. The number of hydrogen-bond donors (Lipinski definition) is 0. The summed E-state index contributed by atoms with van der Waals surface area (Å²) in [5.74, 6) is 3.97. The SMILES string of the molecule is CC(C)C=P(Cc1ccccc1)(Oc1ccccc1)C(C)C. The Kier molecular flexibility index (Phi) is 5.91. The van der Waals surface area contributed by atoms with E-state index in [1.165, 1.54) is 5.56 Å². The Labute approximate surface area is 135 Å². The second-order valence-electron chi connectivity index (χ2n) is 6.39. The van der Waals surface area contributed by atoms with E-state index in [9.17, 15) is 0 Å². The van der Waals surface area contributed by atoms with Crippen LogP contribution in [0.25, 0.3) is 0 Å². The van der Waals surface area contributed by atoms with Crippen LogP contribution in [0.3, 0.4) is 0 Å². The van der Waals surface area contributed by atoms with Crippen LogP contribution in [0, 0.1) is 5.92 Å². The van der Waals surface area contributed by atoms with Crippen molar-refractivity contribution in [2.45, 2.75) is 39.5 Å². The Hall–Kier alpha value is -1.46. The van der Waals surface area contributed by atoms with Crippen LogP contribution in [0.1, 0.15) is 33.3 Å². The summed E-state index contributed by atoms with van der Waals surface area (Å²) >= 11 is 0. The van der Waals surface area contributed by atoms with Crippen molar-refractivity contribution in [1.29, 1.82) is 0 Å². The van der Waals surface area contributed by atoms with Gasteiger partial charge in [0.15, 0.2) is 0 Å². The van der Waals surface area contributed by atoms with E-state index in [0.717, 1.165) is 11.9 Å². The lowest BCUT2D eigenvalue weighted by molar-refractivity contribution is 0.596. The first kappa shape index (κ1) is 16.9. The Morgan fingerprint density at radius 2 is 1.41 bits per heavy atom. The standard InChI is InChI=1S/C20H27OP/c1-17(2)15-22(18(3)4,16-19-11-7-5-8-12-19)21-20-13-9-6-10-14-20/h5-15,17-18H,16H2,1-4H3. The van der Waals surface area contributed by atoms with E-state index >= 15 is 0 Å². The normalized spacial score (nSPS) is 13.9. The maximum atomic E-state index is 6.63. The molecule has 1 nitrogen and oxygen atoms in total. The zero-order valence-electron chi connectivity index (χ0n) is 14.1. The molecule has 0 aliphatic heterocycles. The number of hydrogen-bond acceptors (Lipinski definition) is 1. The predicted octanol–water partition coefficient (Wildman–Crippen LogP) is 6.06. The molecular weight excluding hydrogens is 287 g/mol. The van der Waals surface area contributed by atoms with Gasteiger partial charge in [-0.3, -0.25) is 0 Å². The van der Waals surface area contributed by atoms with Gasteiger partial charge in [0.2, 0.25) is 0 Å². The van der Waals surface area contributed by atoms with E-state index in [2.05, 4.69) is 76.0 Å². The van der Waals surface area contributed by atoms with Crippen LogP contribution in [-0.2, 0) is 6.16 Å². The van der Waals surface area contributed by atoms with Crippen LogP contribution in [0.15, 0.2) is 60.7 Å². The fourth-order valence-corrected chi connectivity index (χ4v) is 6.08. The van der Waals surface area contributed by atoms with Gasteiger partial charge >= 0.3 is 0 Å². The summed E-state index contributed by atoms with van der Waals surface area (Å²) in [7, 11) is -1.69. The molecule has 0 spiro atoms. The minimum absolute atomic E-state index is 0.496. The van der Waals surface area contributed by atoms with Crippen LogP contribution in [-0.4, -0.2) is 11.5 Å². The van der Waals surface area contributed by atoms with Crippen molar-refractivity contribution in [2.75, 3.05) is 0 Å². The summed E-state index contributed by atoms with van der Waals surface area (Å²) in [6.45, 7) is 9.07. The molecule has 2 aromatic rings. The second kappa shape index (κ2) is 7.70. The summed E-state index contributed by atoms with van der Waals surface area (Å²) < 4.78 is 6.63. The summed E-state index contributed by atoms with van der Waals surface area (Å²) in [5, 5.41) is 0. The van der Waals surface area contributed by atoms with Crippen molar-refractivity contribution < 1.29 is 4.52 Å². The molecule has 22 heavy (non-hydrogen) atoms. The predicted molar refractivity (Wildman–Crippen MR) is 100 cm³/mol. The van der Waals surface area contributed by atoms with Crippen LogP contribution in [0.5, 0.6) is 5.75 Å². The minimum atomic E-state index is -1.69. The third-order valence-electron chi connectivity index (χ3n) is 3.72. The van der Waals surface area contributed by atoms with E-state index in [0.29, 0.717) is 11.6 Å². The van der Waals surface area contributed by atoms with Crippen molar-refractivity contribution in [3.05, 3.63) is 66.2 Å². The Bertz CT molecular complexity index is 569. The first-order valence-corrected chi connectivity index (χ1v) is 10.1. The highest BCUT2D eigenvalue weighted by Crippen LogP contribution is 2.56. The molecular formula is C20H27OP. The van der Waals surface area contributed by atoms with Gasteiger partial charge < -0.3 is 4.52 Å². The summed E-state index contributed by atoms with van der Waals surface area (Å²) in [6.07, 6.45) is 0.999. The van der Waals surface area contributed by atoms with Crippen LogP contribution in [0.4, 0.5) is 0 Å². The molecule has 0 aliphatic rings. The minimum Gasteiger partial charge on any atom is -0.477 e. The average Bonchev–Trinajstić information content (AvgIpc) is 2.48. The van der Waals surface area contributed by atoms with E-state index in [-0.39, 0.29) is 0 Å². The summed E-state index contributed by atoms with van der Waals surface area (Å²) in [5.41, 5.74) is 1.85. The molecule has 2 aromatic carbocycles. The molecule has 0 bridgehead atoms. The Morgan fingerprint density at radius 1 is 0.864 bits per heavy atom. The third-order valence-corrected chi connectivity index (χ3v) is 7.97. The van der Waals surface area contributed by atoms with E-state index < -0.39 is 7.11 Å². The van der Waals surface area contributed by atoms with Crippen molar-refractivity contribution in [1.82, 2.24) is 0 Å². The van der Waals surface area contributed by atoms with Crippen molar-refractivity contribution >= 4 is 12.9 Å². The van der Waals surface area contributed by atoms with Crippen LogP contribution < -0.4 is 4.52 Å². The fourth-order valence-electron chi connectivity index (χ4n) is 2.63. The highest BCUT2D eigenvalue weighted by molar-refractivity contribution is 7.70. The molecule has 0 aromatic heterocycles. The topological polar surface area (TPSA) is 9.23 Å². The van der Waals surface area contributed by atoms with E-state index in [1.54, 1.807) is 0 Å². The number of para-hydroxylation sites is 1. The monoisotopic (exact) mass is 314 g/mol. The number of benzene rings is 2. The highest BCUT2D eigenvalue weighted by Gasteiger charge is 2.25. The molecule has 118 valence electrons. The molecule has 0 saturated heterocycles. The lowest BCUT2D eigenvalue weighted by atomic mass is 10.2. The quantitative estimate of drug-likeness (QED) is 0.588. The second-order valence-corrected chi connectivity index (χ2v) is 9.93. The van der Waals surface area contributed by atoms with Gasteiger partial charge in [-0.15, -0.1) is 0 Å². The molecule has 0 saturated carbocycles. The van der Waals surface area contributed by atoms with Gasteiger partial charge in [0.1, 0.15) is 5.75 Å². The zero-order chi connectivity index (χ0) is 16.0. The molecule has 0 radical (unpaired) electrons. The van der Waals surface area contributed by atoms with E-state index in [1.807, 2.05) is 18.2 Å². The lowest BCUT2D eigenvalue weighted by Crippen LogP contribution is -2.12. The molecule has 0 aliphatic carbocycles. The zero-order valence-corrected chi connectivity index (χ0v) is 15.0. The van der Waals surface area contributed by atoms with Crippen molar-refractivity contribution in [3.63, 3.8) is 0 Å².